The zero-order chi connectivity index (χ0) is 14.7. The number of carboxylic acid groups (broad SMARTS) is 1. The first-order valence-corrected chi connectivity index (χ1v) is 8.06. The summed E-state index contributed by atoms with van der Waals surface area (Å²) >= 11 is 1.89. The zero-order valence-corrected chi connectivity index (χ0v) is 12.9. The molecule has 2 aromatic rings. The molecule has 1 unspecified atom stereocenters. The Kier molecular flexibility index (Phi) is 4.70. The van der Waals surface area contributed by atoms with Crippen LogP contribution in [0.3, 0.4) is 0 Å². The molecule has 0 radical (unpaired) electrons. The third kappa shape index (κ3) is 2.68. The smallest absolute Gasteiger partial charge is 0.337 e. The van der Waals surface area contributed by atoms with Gasteiger partial charge in [0.05, 0.1) is 11.1 Å². The Morgan fingerprint density at radius 3 is 2.80 bits per heavy atom. The van der Waals surface area contributed by atoms with Gasteiger partial charge in [0, 0.05) is 18.2 Å². The van der Waals surface area contributed by atoms with Crippen molar-refractivity contribution in [1.82, 2.24) is 9.55 Å². The lowest BCUT2D eigenvalue weighted by molar-refractivity contribution is 0.0699. The third-order valence-electron chi connectivity index (χ3n) is 3.34. The fourth-order valence-electron chi connectivity index (χ4n) is 2.44. The SMILES string of the molecule is CCSCC(C)n1c(CC)nc2c(C(=O)O)cccc21. The number of aromatic carboxylic acids is 1. The van der Waals surface area contributed by atoms with Crippen LogP contribution in [0.15, 0.2) is 18.2 Å². The molecule has 5 heteroatoms. The molecule has 1 atom stereocenters. The predicted octanol–water partition coefficient (Wildman–Crippen LogP) is 3.61. The number of aromatic nitrogens is 2. The van der Waals surface area contributed by atoms with Gasteiger partial charge in [-0.2, -0.15) is 11.8 Å². The monoisotopic (exact) mass is 292 g/mol. The third-order valence-corrected chi connectivity index (χ3v) is 4.47. The topological polar surface area (TPSA) is 55.1 Å². The van der Waals surface area contributed by atoms with Gasteiger partial charge in [0.25, 0.3) is 0 Å². The molecule has 0 saturated carbocycles. The van der Waals surface area contributed by atoms with E-state index in [4.69, 9.17) is 0 Å². The maximum absolute atomic E-state index is 11.3. The lowest BCUT2D eigenvalue weighted by Crippen LogP contribution is -2.11. The van der Waals surface area contributed by atoms with Crippen molar-refractivity contribution in [2.24, 2.45) is 0 Å². The minimum Gasteiger partial charge on any atom is -0.478 e. The highest BCUT2D eigenvalue weighted by atomic mass is 32.2. The first-order valence-electron chi connectivity index (χ1n) is 6.91. The molecular formula is C15H20N2O2S. The normalized spacial score (nSPS) is 12.8. The standard InChI is InChI=1S/C15H20N2O2S/c1-4-13-16-14-11(15(18)19)7-6-8-12(14)17(13)10(3)9-20-5-2/h6-8,10H,4-5,9H2,1-3H3,(H,18,19). The van der Waals surface area contributed by atoms with Crippen LogP contribution in [0.5, 0.6) is 0 Å². The van der Waals surface area contributed by atoms with Gasteiger partial charge in [0.2, 0.25) is 0 Å². The second kappa shape index (κ2) is 6.31. The number of benzene rings is 1. The van der Waals surface area contributed by atoms with Gasteiger partial charge in [-0.05, 0) is 24.8 Å². The highest BCUT2D eigenvalue weighted by molar-refractivity contribution is 7.99. The molecule has 0 aliphatic rings. The average molecular weight is 292 g/mol. The zero-order valence-electron chi connectivity index (χ0n) is 12.1. The molecule has 2 rings (SSSR count). The number of thioether (sulfide) groups is 1. The Morgan fingerprint density at radius 1 is 1.45 bits per heavy atom. The number of rotatable bonds is 6. The van der Waals surface area contributed by atoms with Gasteiger partial charge in [-0.25, -0.2) is 9.78 Å². The van der Waals surface area contributed by atoms with Crippen LogP contribution in [-0.4, -0.2) is 32.1 Å². The van der Waals surface area contributed by atoms with Crippen molar-refractivity contribution in [2.75, 3.05) is 11.5 Å². The quantitative estimate of drug-likeness (QED) is 0.883. The summed E-state index contributed by atoms with van der Waals surface area (Å²) in [5.41, 5.74) is 1.81. The van der Waals surface area contributed by atoms with E-state index in [9.17, 15) is 9.90 Å². The lowest BCUT2D eigenvalue weighted by atomic mass is 10.2. The van der Waals surface area contributed by atoms with E-state index in [-0.39, 0.29) is 5.56 Å². The van der Waals surface area contributed by atoms with Gasteiger partial charge in [0.1, 0.15) is 11.3 Å². The van der Waals surface area contributed by atoms with Crippen molar-refractivity contribution >= 4 is 28.8 Å². The number of carboxylic acids is 1. The second-order valence-corrected chi connectivity index (χ2v) is 6.06. The summed E-state index contributed by atoms with van der Waals surface area (Å²) in [4.78, 5) is 15.9. The molecule has 0 amide bonds. The molecule has 0 spiro atoms. The Morgan fingerprint density at radius 2 is 2.20 bits per heavy atom. The van der Waals surface area contributed by atoms with Crippen molar-refractivity contribution in [3.63, 3.8) is 0 Å². The molecular weight excluding hydrogens is 272 g/mol. The summed E-state index contributed by atoms with van der Waals surface area (Å²) < 4.78 is 2.18. The van der Waals surface area contributed by atoms with E-state index in [1.165, 1.54) is 0 Å². The predicted molar refractivity (Wildman–Crippen MR) is 83.8 cm³/mol. The average Bonchev–Trinajstić information content (AvgIpc) is 2.82. The lowest BCUT2D eigenvalue weighted by Gasteiger charge is -2.16. The largest absolute Gasteiger partial charge is 0.478 e. The Balaban J connectivity index is 2.58. The number of nitrogens with zero attached hydrogens (tertiary/aromatic N) is 2. The van der Waals surface area contributed by atoms with Crippen LogP contribution in [0.1, 0.15) is 43.0 Å². The van der Waals surface area contributed by atoms with Crippen molar-refractivity contribution < 1.29 is 9.90 Å². The maximum Gasteiger partial charge on any atom is 0.337 e. The number of aryl methyl sites for hydroxylation is 1. The number of hydrogen-bond acceptors (Lipinski definition) is 3. The molecule has 1 aromatic heterocycles. The van der Waals surface area contributed by atoms with Crippen molar-refractivity contribution in [3.05, 3.63) is 29.6 Å². The van der Waals surface area contributed by atoms with Crippen molar-refractivity contribution in [3.8, 4) is 0 Å². The highest BCUT2D eigenvalue weighted by Gasteiger charge is 2.18. The molecule has 0 aliphatic heterocycles. The van der Waals surface area contributed by atoms with Crippen molar-refractivity contribution in [1.29, 1.82) is 0 Å². The van der Waals surface area contributed by atoms with Crippen LogP contribution in [-0.2, 0) is 6.42 Å². The van der Waals surface area contributed by atoms with Gasteiger partial charge in [0.15, 0.2) is 0 Å². The number of imidazole rings is 1. The molecule has 1 aromatic carbocycles. The summed E-state index contributed by atoms with van der Waals surface area (Å²) in [5, 5.41) is 9.28. The highest BCUT2D eigenvalue weighted by Crippen LogP contribution is 2.26. The first kappa shape index (κ1) is 14.9. The van der Waals surface area contributed by atoms with E-state index in [0.29, 0.717) is 11.6 Å². The minimum atomic E-state index is -0.918. The fourth-order valence-corrected chi connectivity index (χ4v) is 3.17. The van der Waals surface area contributed by atoms with Gasteiger partial charge >= 0.3 is 5.97 Å². The van der Waals surface area contributed by atoms with E-state index in [1.54, 1.807) is 12.1 Å². The fraction of sp³-hybridized carbons (Fsp3) is 0.467. The van der Waals surface area contributed by atoms with Crippen LogP contribution >= 0.6 is 11.8 Å². The Labute approximate surface area is 123 Å². The van der Waals surface area contributed by atoms with Gasteiger partial charge in [-0.15, -0.1) is 0 Å². The molecule has 1 N–H and O–H groups in total. The van der Waals surface area contributed by atoms with E-state index in [0.717, 1.165) is 29.3 Å². The number of fused-ring (bicyclic) bond motifs is 1. The number of hydrogen-bond donors (Lipinski definition) is 1. The Hall–Kier alpha value is -1.49. The molecule has 0 fully saturated rings. The van der Waals surface area contributed by atoms with E-state index >= 15 is 0 Å². The van der Waals surface area contributed by atoms with Crippen molar-refractivity contribution in [2.45, 2.75) is 33.2 Å². The van der Waals surface area contributed by atoms with Crippen LogP contribution in [0.25, 0.3) is 11.0 Å². The van der Waals surface area contributed by atoms with Gasteiger partial charge in [-0.1, -0.05) is 19.9 Å². The molecule has 0 aliphatic carbocycles. The van der Waals surface area contributed by atoms with E-state index in [2.05, 4.69) is 30.3 Å². The second-order valence-electron chi connectivity index (χ2n) is 4.74. The molecule has 0 saturated heterocycles. The van der Waals surface area contributed by atoms with Gasteiger partial charge < -0.3 is 9.67 Å². The number of carbonyl (C=O) groups is 1. The molecule has 4 nitrogen and oxygen atoms in total. The summed E-state index contributed by atoms with van der Waals surface area (Å²) in [6.07, 6.45) is 0.800. The summed E-state index contributed by atoms with van der Waals surface area (Å²) in [6.45, 7) is 6.36. The minimum absolute atomic E-state index is 0.284. The Bertz CT molecular complexity index is 622. The van der Waals surface area contributed by atoms with Crippen LogP contribution in [0, 0.1) is 0 Å². The van der Waals surface area contributed by atoms with Crippen LogP contribution < -0.4 is 0 Å². The molecule has 20 heavy (non-hydrogen) atoms. The summed E-state index contributed by atoms with van der Waals surface area (Å²) in [7, 11) is 0. The molecule has 0 bridgehead atoms. The van der Waals surface area contributed by atoms with Gasteiger partial charge in [-0.3, -0.25) is 0 Å². The molecule has 1 heterocycles. The first-order chi connectivity index (χ1) is 9.60. The number of para-hydroxylation sites is 1. The summed E-state index contributed by atoms with van der Waals surface area (Å²) in [6, 6.07) is 5.68. The maximum atomic E-state index is 11.3. The van der Waals surface area contributed by atoms with Crippen LogP contribution in [0.2, 0.25) is 0 Å². The molecule has 108 valence electrons. The van der Waals surface area contributed by atoms with E-state index in [1.807, 2.05) is 17.8 Å². The summed E-state index contributed by atoms with van der Waals surface area (Å²) in [5.74, 6) is 2.13. The van der Waals surface area contributed by atoms with Crippen LogP contribution in [0.4, 0.5) is 0 Å². The van der Waals surface area contributed by atoms with E-state index < -0.39 is 5.97 Å².